The van der Waals surface area contributed by atoms with E-state index in [1.54, 1.807) is 29.9 Å². The fourth-order valence-corrected chi connectivity index (χ4v) is 2.64. The maximum Gasteiger partial charge on any atom is 0.310 e. The van der Waals surface area contributed by atoms with E-state index in [9.17, 15) is 9.90 Å². The van der Waals surface area contributed by atoms with E-state index in [4.69, 9.17) is 0 Å². The number of tetrazole rings is 1. The van der Waals surface area contributed by atoms with Crippen molar-refractivity contribution in [3.05, 3.63) is 16.5 Å². The third-order valence-corrected chi connectivity index (χ3v) is 4.19. The fraction of sp³-hybridized carbons (Fsp3) is 0.500. The maximum atomic E-state index is 11.2. The summed E-state index contributed by atoms with van der Waals surface area (Å²) in [7, 11) is 0. The Morgan fingerprint density at radius 2 is 2.16 bits per heavy atom. The van der Waals surface area contributed by atoms with Gasteiger partial charge in [-0.05, 0) is 49.8 Å². The number of thiophene rings is 1. The SMILES string of the molecule is Cc1cc(-c2nnnn2CC(C)(C)C(=O)O)sc1C. The molecular weight excluding hydrogens is 264 g/mol. The van der Waals surface area contributed by atoms with Crippen LogP contribution in [0.15, 0.2) is 6.07 Å². The summed E-state index contributed by atoms with van der Waals surface area (Å²) in [5.41, 5.74) is 0.276. The largest absolute Gasteiger partial charge is 0.481 e. The molecule has 102 valence electrons. The topological polar surface area (TPSA) is 80.9 Å². The van der Waals surface area contributed by atoms with Crippen molar-refractivity contribution in [3.63, 3.8) is 0 Å². The molecule has 2 aromatic rings. The van der Waals surface area contributed by atoms with Crippen LogP contribution in [0.25, 0.3) is 10.7 Å². The number of carbonyl (C=O) groups is 1. The number of carboxylic acids is 1. The summed E-state index contributed by atoms with van der Waals surface area (Å²) in [5.74, 6) is -0.247. The van der Waals surface area contributed by atoms with Crippen LogP contribution in [0.3, 0.4) is 0 Å². The predicted octanol–water partition coefficient (Wildman–Crippen LogP) is 2.13. The van der Waals surface area contributed by atoms with Crippen molar-refractivity contribution in [1.82, 2.24) is 20.2 Å². The van der Waals surface area contributed by atoms with E-state index in [0.29, 0.717) is 5.82 Å². The summed E-state index contributed by atoms with van der Waals surface area (Å²) in [4.78, 5) is 13.3. The Balaban J connectivity index is 2.35. The van der Waals surface area contributed by atoms with Crippen molar-refractivity contribution in [2.45, 2.75) is 34.2 Å². The van der Waals surface area contributed by atoms with Crippen LogP contribution in [-0.2, 0) is 11.3 Å². The maximum absolute atomic E-state index is 11.2. The van der Waals surface area contributed by atoms with Gasteiger partial charge in [-0.2, -0.15) is 0 Å². The third-order valence-electron chi connectivity index (χ3n) is 3.04. The lowest BCUT2D eigenvalue weighted by atomic mass is 9.94. The van der Waals surface area contributed by atoms with Gasteiger partial charge in [0.1, 0.15) is 0 Å². The molecule has 7 heteroatoms. The highest BCUT2D eigenvalue weighted by molar-refractivity contribution is 7.15. The van der Waals surface area contributed by atoms with Crippen molar-refractivity contribution in [2.75, 3.05) is 0 Å². The predicted molar refractivity (Wildman–Crippen MR) is 72.0 cm³/mol. The zero-order valence-corrected chi connectivity index (χ0v) is 12.2. The first-order valence-corrected chi connectivity index (χ1v) is 6.70. The molecule has 2 aromatic heterocycles. The van der Waals surface area contributed by atoms with Gasteiger partial charge in [0.15, 0.2) is 5.82 Å². The quantitative estimate of drug-likeness (QED) is 0.927. The standard InChI is InChI=1S/C12H16N4O2S/c1-7-5-9(19-8(7)2)10-13-14-15-16(10)6-12(3,4)11(17)18/h5H,6H2,1-4H3,(H,17,18). The van der Waals surface area contributed by atoms with Crippen molar-refractivity contribution in [2.24, 2.45) is 5.41 Å². The van der Waals surface area contributed by atoms with Gasteiger partial charge in [0.25, 0.3) is 0 Å². The highest BCUT2D eigenvalue weighted by Crippen LogP contribution is 2.30. The second-order valence-electron chi connectivity index (χ2n) is 5.20. The van der Waals surface area contributed by atoms with Gasteiger partial charge >= 0.3 is 5.97 Å². The van der Waals surface area contributed by atoms with Gasteiger partial charge in [0.2, 0.25) is 0 Å². The molecule has 0 aliphatic rings. The van der Waals surface area contributed by atoms with E-state index in [1.807, 2.05) is 19.9 Å². The number of aromatic nitrogens is 4. The summed E-state index contributed by atoms with van der Waals surface area (Å²) in [6.07, 6.45) is 0. The normalized spacial score (nSPS) is 11.8. The Morgan fingerprint density at radius 1 is 1.47 bits per heavy atom. The molecule has 0 aromatic carbocycles. The van der Waals surface area contributed by atoms with Crippen molar-refractivity contribution in [3.8, 4) is 10.7 Å². The first-order chi connectivity index (χ1) is 8.81. The molecule has 0 aliphatic carbocycles. The van der Waals surface area contributed by atoms with Crippen LogP contribution in [0, 0.1) is 19.3 Å². The van der Waals surface area contributed by atoms with Crippen molar-refractivity contribution >= 4 is 17.3 Å². The average Bonchev–Trinajstić information content (AvgIpc) is 2.86. The second-order valence-corrected chi connectivity index (χ2v) is 6.46. The van der Waals surface area contributed by atoms with E-state index in [1.165, 1.54) is 10.4 Å². The minimum absolute atomic E-state index is 0.237. The number of rotatable bonds is 4. The minimum atomic E-state index is -0.911. The van der Waals surface area contributed by atoms with Gasteiger partial charge in [0.05, 0.1) is 16.8 Å². The van der Waals surface area contributed by atoms with Crippen LogP contribution in [-0.4, -0.2) is 31.3 Å². The first kappa shape index (κ1) is 13.7. The smallest absolute Gasteiger partial charge is 0.310 e. The van der Waals surface area contributed by atoms with Gasteiger partial charge in [0, 0.05) is 4.88 Å². The highest BCUT2D eigenvalue weighted by Gasteiger charge is 2.29. The molecule has 0 saturated heterocycles. The van der Waals surface area contributed by atoms with Crippen LogP contribution >= 0.6 is 11.3 Å². The second kappa shape index (κ2) is 4.73. The molecule has 0 fully saturated rings. The zero-order chi connectivity index (χ0) is 14.2. The van der Waals surface area contributed by atoms with Crippen LogP contribution in [0.2, 0.25) is 0 Å². The van der Waals surface area contributed by atoms with Gasteiger partial charge in [-0.25, -0.2) is 4.68 Å². The molecule has 0 atom stereocenters. The van der Waals surface area contributed by atoms with Gasteiger partial charge < -0.3 is 5.11 Å². The molecule has 1 N–H and O–H groups in total. The van der Waals surface area contributed by atoms with Crippen molar-refractivity contribution < 1.29 is 9.90 Å². The zero-order valence-electron chi connectivity index (χ0n) is 11.3. The molecule has 0 unspecified atom stereocenters. The summed E-state index contributed by atoms with van der Waals surface area (Å²) in [6.45, 7) is 7.63. The fourth-order valence-electron chi connectivity index (χ4n) is 1.61. The van der Waals surface area contributed by atoms with Crippen LogP contribution in [0.5, 0.6) is 0 Å². The molecule has 2 heterocycles. The molecule has 6 nitrogen and oxygen atoms in total. The number of hydrogen-bond acceptors (Lipinski definition) is 5. The lowest BCUT2D eigenvalue weighted by Gasteiger charge is -2.18. The molecular formula is C12H16N4O2S. The number of aryl methyl sites for hydroxylation is 2. The Kier molecular flexibility index (Phi) is 3.40. The summed E-state index contributed by atoms with van der Waals surface area (Å²) in [6, 6.07) is 2.02. The van der Waals surface area contributed by atoms with Crippen LogP contribution < -0.4 is 0 Å². The van der Waals surface area contributed by atoms with E-state index >= 15 is 0 Å². The average molecular weight is 280 g/mol. The van der Waals surface area contributed by atoms with E-state index in [-0.39, 0.29) is 6.54 Å². The molecule has 0 radical (unpaired) electrons. The van der Waals surface area contributed by atoms with Crippen LogP contribution in [0.1, 0.15) is 24.3 Å². The summed E-state index contributed by atoms with van der Waals surface area (Å²) < 4.78 is 1.55. The third kappa shape index (κ3) is 2.65. The summed E-state index contributed by atoms with van der Waals surface area (Å²) >= 11 is 1.61. The van der Waals surface area contributed by atoms with Crippen LogP contribution in [0.4, 0.5) is 0 Å². The number of aliphatic carboxylic acids is 1. The molecule has 0 bridgehead atoms. The number of hydrogen-bond donors (Lipinski definition) is 1. The lowest BCUT2D eigenvalue weighted by Crippen LogP contribution is -2.30. The molecule has 0 spiro atoms. The monoisotopic (exact) mass is 280 g/mol. The molecule has 0 saturated carbocycles. The lowest BCUT2D eigenvalue weighted by molar-refractivity contribution is -0.147. The molecule has 19 heavy (non-hydrogen) atoms. The van der Waals surface area contributed by atoms with E-state index in [0.717, 1.165) is 4.88 Å². The minimum Gasteiger partial charge on any atom is -0.481 e. The molecule has 2 rings (SSSR count). The van der Waals surface area contributed by atoms with Gasteiger partial charge in [-0.3, -0.25) is 4.79 Å². The number of nitrogens with zero attached hydrogens (tertiary/aromatic N) is 4. The Labute approximate surface area is 115 Å². The highest BCUT2D eigenvalue weighted by atomic mass is 32.1. The first-order valence-electron chi connectivity index (χ1n) is 5.88. The molecule has 0 aliphatic heterocycles. The Morgan fingerprint density at radius 3 is 2.68 bits per heavy atom. The molecule has 0 amide bonds. The van der Waals surface area contributed by atoms with E-state index < -0.39 is 11.4 Å². The Bertz CT molecular complexity index is 596. The summed E-state index contributed by atoms with van der Waals surface area (Å²) in [5, 5.41) is 20.7. The van der Waals surface area contributed by atoms with E-state index in [2.05, 4.69) is 15.5 Å². The van der Waals surface area contributed by atoms with Gasteiger partial charge in [-0.1, -0.05) is 0 Å². The van der Waals surface area contributed by atoms with Gasteiger partial charge in [-0.15, -0.1) is 16.4 Å². The van der Waals surface area contributed by atoms with Crippen molar-refractivity contribution in [1.29, 1.82) is 0 Å². The Hall–Kier alpha value is -1.76. The number of carboxylic acid groups (broad SMARTS) is 1.